The standard InChI is InChI=1S/C21H20N4O3S/c1-3-13(2)18-20(26)24-19(23-18)16-6-4-5-7-17(16)22-21(24)29-12-14-8-10-15(11-9-14)25(27)28/h4-11,13,18H,3,12H2,1-2H3/t13-,18+/m0/s1. The molecule has 0 spiro atoms. The quantitative estimate of drug-likeness (QED) is 0.537. The van der Waals surface area contributed by atoms with Crippen molar-refractivity contribution in [3.8, 4) is 0 Å². The highest BCUT2D eigenvalue weighted by molar-refractivity contribution is 8.13. The number of thioether (sulfide) groups is 1. The van der Waals surface area contributed by atoms with Gasteiger partial charge in [-0.1, -0.05) is 56.3 Å². The Kier molecular flexibility index (Phi) is 5.19. The summed E-state index contributed by atoms with van der Waals surface area (Å²) in [5, 5.41) is 11.4. The molecule has 2 aromatic carbocycles. The molecule has 7 nitrogen and oxygen atoms in total. The molecule has 0 saturated heterocycles. The van der Waals surface area contributed by atoms with Gasteiger partial charge in [0, 0.05) is 23.4 Å². The van der Waals surface area contributed by atoms with E-state index in [-0.39, 0.29) is 17.5 Å². The van der Waals surface area contributed by atoms with E-state index in [1.54, 1.807) is 17.0 Å². The van der Waals surface area contributed by atoms with Crippen LogP contribution in [0.15, 0.2) is 58.5 Å². The van der Waals surface area contributed by atoms with E-state index in [4.69, 9.17) is 9.98 Å². The van der Waals surface area contributed by atoms with E-state index in [9.17, 15) is 14.9 Å². The van der Waals surface area contributed by atoms with Gasteiger partial charge in [0.25, 0.3) is 11.6 Å². The van der Waals surface area contributed by atoms with Gasteiger partial charge in [0.1, 0.15) is 11.9 Å². The SMILES string of the molecule is CC[C@H](C)[C@H]1N=C2c3ccccc3N=C(SCc3ccc([N+](=O)[O-])cc3)N2C1=O. The van der Waals surface area contributed by atoms with Gasteiger partial charge in [-0.3, -0.25) is 19.9 Å². The maximum atomic E-state index is 13.1. The lowest BCUT2D eigenvalue weighted by molar-refractivity contribution is -0.384. The number of carbonyl (C=O) groups excluding carboxylic acids is 1. The van der Waals surface area contributed by atoms with Crippen LogP contribution in [0.2, 0.25) is 0 Å². The molecule has 0 aliphatic carbocycles. The molecule has 0 unspecified atom stereocenters. The average Bonchev–Trinajstić information content (AvgIpc) is 3.09. The van der Waals surface area contributed by atoms with Crippen LogP contribution >= 0.6 is 11.8 Å². The van der Waals surface area contributed by atoms with Gasteiger partial charge in [-0.05, 0) is 23.6 Å². The first-order chi connectivity index (χ1) is 14.0. The molecule has 2 aliphatic heterocycles. The van der Waals surface area contributed by atoms with Crippen LogP contribution in [0.4, 0.5) is 11.4 Å². The Morgan fingerprint density at radius 1 is 1.21 bits per heavy atom. The number of non-ortho nitro benzene ring substituents is 1. The van der Waals surface area contributed by atoms with Gasteiger partial charge in [0.05, 0.1) is 10.6 Å². The maximum absolute atomic E-state index is 13.1. The number of benzene rings is 2. The lowest BCUT2D eigenvalue weighted by atomic mass is 10.00. The van der Waals surface area contributed by atoms with E-state index in [2.05, 4.69) is 6.92 Å². The zero-order chi connectivity index (χ0) is 20.5. The largest absolute Gasteiger partial charge is 0.271 e. The van der Waals surface area contributed by atoms with Crippen molar-refractivity contribution in [1.29, 1.82) is 0 Å². The van der Waals surface area contributed by atoms with Gasteiger partial charge in [0.15, 0.2) is 5.17 Å². The molecular weight excluding hydrogens is 388 g/mol. The number of fused-ring (bicyclic) bond motifs is 3. The lowest BCUT2D eigenvalue weighted by Gasteiger charge is -2.26. The van der Waals surface area contributed by atoms with Crippen molar-refractivity contribution in [1.82, 2.24) is 4.90 Å². The normalized spacial score (nSPS) is 18.6. The fraction of sp³-hybridized carbons (Fsp3) is 0.286. The Labute approximate surface area is 172 Å². The second-order valence-electron chi connectivity index (χ2n) is 7.08. The molecule has 0 bridgehead atoms. The smallest absolute Gasteiger partial charge is 0.269 e. The summed E-state index contributed by atoms with van der Waals surface area (Å²) < 4.78 is 0. The first-order valence-electron chi connectivity index (χ1n) is 9.45. The van der Waals surface area contributed by atoms with Crippen LogP contribution in [-0.2, 0) is 10.5 Å². The van der Waals surface area contributed by atoms with Crippen molar-refractivity contribution in [2.75, 3.05) is 0 Å². The summed E-state index contributed by atoms with van der Waals surface area (Å²) in [5.41, 5.74) is 2.65. The molecule has 2 aliphatic rings. The fourth-order valence-corrected chi connectivity index (χ4v) is 4.28. The van der Waals surface area contributed by atoms with Crippen molar-refractivity contribution in [3.63, 3.8) is 0 Å². The van der Waals surface area contributed by atoms with Crippen LogP contribution in [0.25, 0.3) is 0 Å². The minimum absolute atomic E-state index is 0.0428. The molecular formula is C21H20N4O3S. The molecule has 8 heteroatoms. The van der Waals surface area contributed by atoms with E-state index in [1.165, 1.54) is 23.9 Å². The summed E-state index contributed by atoms with van der Waals surface area (Å²) >= 11 is 1.43. The van der Waals surface area contributed by atoms with E-state index >= 15 is 0 Å². The third-order valence-corrected chi connectivity index (χ3v) is 6.21. The van der Waals surface area contributed by atoms with Crippen molar-refractivity contribution >= 4 is 40.0 Å². The molecule has 4 rings (SSSR count). The molecule has 0 fully saturated rings. The number of aliphatic imine (C=N–C) groups is 2. The van der Waals surface area contributed by atoms with Gasteiger partial charge in [-0.2, -0.15) is 0 Å². The number of hydrogen-bond donors (Lipinski definition) is 0. The number of carbonyl (C=O) groups is 1. The number of nitro groups is 1. The molecule has 0 N–H and O–H groups in total. The highest BCUT2D eigenvalue weighted by Crippen LogP contribution is 2.36. The topological polar surface area (TPSA) is 88.2 Å². The van der Waals surface area contributed by atoms with Crippen molar-refractivity contribution in [3.05, 3.63) is 69.8 Å². The van der Waals surface area contributed by atoms with Crippen molar-refractivity contribution in [2.24, 2.45) is 15.9 Å². The lowest BCUT2D eigenvalue weighted by Crippen LogP contribution is -2.42. The third-order valence-electron chi connectivity index (χ3n) is 5.20. The van der Waals surface area contributed by atoms with E-state index in [0.29, 0.717) is 16.8 Å². The first kappa shape index (κ1) is 19.3. The molecule has 2 heterocycles. The minimum Gasteiger partial charge on any atom is -0.271 e. The molecule has 0 radical (unpaired) electrons. The van der Waals surface area contributed by atoms with E-state index < -0.39 is 11.0 Å². The third kappa shape index (κ3) is 3.55. The molecule has 29 heavy (non-hydrogen) atoms. The Morgan fingerprint density at radius 3 is 2.62 bits per heavy atom. The van der Waals surface area contributed by atoms with Crippen LogP contribution < -0.4 is 0 Å². The summed E-state index contributed by atoms with van der Waals surface area (Å²) in [6, 6.07) is 13.7. The molecule has 2 atom stereocenters. The van der Waals surface area contributed by atoms with Crippen LogP contribution in [0.1, 0.15) is 31.4 Å². The maximum Gasteiger partial charge on any atom is 0.269 e. The monoisotopic (exact) mass is 408 g/mol. The Hall–Kier alpha value is -3.00. The van der Waals surface area contributed by atoms with Crippen LogP contribution in [0.5, 0.6) is 0 Å². The number of nitrogens with zero attached hydrogens (tertiary/aromatic N) is 4. The number of rotatable bonds is 5. The van der Waals surface area contributed by atoms with Gasteiger partial charge in [-0.15, -0.1) is 0 Å². The first-order valence-corrected chi connectivity index (χ1v) is 10.4. The molecule has 0 aromatic heterocycles. The zero-order valence-corrected chi connectivity index (χ0v) is 16.9. The Morgan fingerprint density at radius 2 is 1.93 bits per heavy atom. The molecule has 2 aromatic rings. The van der Waals surface area contributed by atoms with Crippen molar-refractivity contribution in [2.45, 2.75) is 32.1 Å². The summed E-state index contributed by atoms with van der Waals surface area (Å²) in [5.74, 6) is 1.31. The summed E-state index contributed by atoms with van der Waals surface area (Å²) in [6.45, 7) is 4.10. The predicted molar refractivity (Wildman–Crippen MR) is 115 cm³/mol. The van der Waals surface area contributed by atoms with Gasteiger partial charge < -0.3 is 0 Å². The number of para-hydroxylation sites is 1. The summed E-state index contributed by atoms with van der Waals surface area (Å²) in [4.78, 5) is 34.7. The van der Waals surface area contributed by atoms with Gasteiger partial charge >= 0.3 is 0 Å². The Bertz CT molecular complexity index is 1030. The van der Waals surface area contributed by atoms with Crippen molar-refractivity contribution < 1.29 is 9.72 Å². The number of amides is 1. The van der Waals surface area contributed by atoms with Gasteiger partial charge in [-0.25, -0.2) is 9.89 Å². The molecule has 148 valence electrons. The van der Waals surface area contributed by atoms with Crippen LogP contribution in [0, 0.1) is 16.0 Å². The minimum atomic E-state index is -0.417. The summed E-state index contributed by atoms with van der Waals surface area (Å²) in [7, 11) is 0. The van der Waals surface area contributed by atoms with Crippen LogP contribution in [0.3, 0.4) is 0 Å². The highest BCUT2D eigenvalue weighted by atomic mass is 32.2. The highest BCUT2D eigenvalue weighted by Gasteiger charge is 2.42. The Balaban J connectivity index is 1.63. The van der Waals surface area contributed by atoms with Gasteiger partial charge in [0.2, 0.25) is 0 Å². The fourth-order valence-electron chi connectivity index (χ4n) is 3.32. The average molecular weight is 408 g/mol. The number of hydrogen-bond acceptors (Lipinski definition) is 6. The molecule has 0 saturated carbocycles. The summed E-state index contributed by atoms with van der Waals surface area (Å²) in [6.07, 6.45) is 0.866. The number of nitro benzene ring substituents is 1. The van der Waals surface area contributed by atoms with E-state index in [0.717, 1.165) is 23.2 Å². The van der Waals surface area contributed by atoms with Crippen LogP contribution in [-0.4, -0.2) is 32.8 Å². The second-order valence-corrected chi connectivity index (χ2v) is 8.02. The zero-order valence-electron chi connectivity index (χ0n) is 16.1. The second kappa shape index (κ2) is 7.79. The predicted octanol–water partition coefficient (Wildman–Crippen LogP) is 4.53. The number of amidine groups is 2. The van der Waals surface area contributed by atoms with E-state index in [1.807, 2.05) is 31.2 Å². The molecule has 1 amide bonds.